The summed E-state index contributed by atoms with van der Waals surface area (Å²) in [6.07, 6.45) is 3.73. The van der Waals surface area contributed by atoms with Gasteiger partial charge in [-0.05, 0) is 25.2 Å². The number of hydrogen-bond acceptors (Lipinski definition) is 3. The first kappa shape index (κ1) is 11.1. The number of ether oxygens (including phenoxy) is 2. The van der Waals surface area contributed by atoms with Crippen LogP contribution in [0.15, 0.2) is 11.5 Å². The molecule has 0 unspecified atom stereocenters. The van der Waals surface area contributed by atoms with Crippen LogP contribution in [0.25, 0.3) is 0 Å². The molecule has 3 fully saturated rings. The summed E-state index contributed by atoms with van der Waals surface area (Å²) in [6.45, 7) is 5.72. The normalized spacial score (nSPS) is 35.5. The molecule has 3 aliphatic rings. The number of carbonyl (C=O) groups excluding carboxylic acids is 1. The third kappa shape index (κ3) is 1.96. The molecule has 3 nitrogen and oxygen atoms in total. The zero-order valence-corrected chi connectivity index (χ0v) is 10.6. The fourth-order valence-electron chi connectivity index (χ4n) is 3.14. The summed E-state index contributed by atoms with van der Waals surface area (Å²) in [5, 5.41) is 0. The van der Waals surface area contributed by atoms with E-state index in [9.17, 15) is 4.79 Å². The monoisotopic (exact) mass is 236 g/mol. The molecule has 0 aromatic carbocycles. The highest BCUT2D eigenvalue weighted by molar-refractivity contribution is 5.84. The van der Waals surface area contributed by atoms with Crippen molar-refractivity contribution in [2.75, 3.05) is 13.2 Å². The predicted octanol–water partition coefficient (Wildman–Crippen LogP) is 2.66. The molecule has 17 heavy (non-hydrogen) atoms. The van der Waals surface area contributed by atoms with E-state index in [1.54, 1.807) is 0 Å². The Morgan fingerprint density at radius 1 is 1.18 bits per heavy atom. The zero-order chi connectivity index (χ0) is 12.0. The van der Waals surface area contributed by atoms with Gasteiger partial charge in [0.15, 0.2) is 0 Å². The van der Waals surface area contributed by atoms with E-state index in [1.165, 1.54) is 5.57 Å². The van der Waals surface area contributed by atoms with E-state index in [-0.39, 0.29) is 11.3 Å². The first-order valence-corrected chi connectivity index (χ1v) is 6.55. The number of hydrogen-bond donors (Lipinski definition) is 0. The van der Waals surface area contributed by atoms with Crippen molar-refractivity contribution in [3.63, 3.8) is 0 Å². The Kier molecular flexibility index (Phi) is 2.46. The van der Waals surface area contributed by atoms with Gasteiger partial charge in [-0.2, -0.15) is 0 Å². The molecule has 2 saturated carbocycles. The van der Waals surface area contributed by atoms with Crippen LogP contribution in [-0.4, -0.2) is 19.0 Å². The molecule has 2 aliphatic carbocycles. The minimum atomic E-state index is 0.106. The third-order valence-corrected chi connectivity index (χ3v) is 4.20. The molecule has 0 aromatic heterocycles. The molecule has 94 valence electrons. The summed E-state index contributed by atoms with van der Waals surface area (Å²) in [6, 6.07) is 0. The highest BCUT2D eigenvalue weighted by Crippen LogP contribution is 2.46. The first-order valence-electron chi connectivity index (χ1n) is 6.55. The Morgan fingerprint density at radius 3 is 2.53 bits per heavy atom. The molecule has 0 N–H and O–H groups in total. The topological polar surface area (TPSA) is 35.5 Å². The van der Waals surface area contributed by atoms with Gasteiger partial charge >= 0.3 is 0 Å². The Balaban J connectivity index is 1.72. The molecule has 3 rings (SSSR count). The SMILES string of the molecule is CC1(C)COC(=C2C[C@@H]3CCC(=O)[C@@H]3C2)OC1. The lowest BCUT2D eigenvalue weighted by Crippen LogP contribution is -2.31. The highest BCUT2D eigenvalue weighted by atomic mass is 16.7. The van der Waals surface area contributed by atoms with E-state index in [4.69, 9.17) is 9.47 Å². The summed E-state index contributed by atoms with van der Waals surface area (Å²) in [5.74, 6) is 2.00. The van der Waals surface area contributed by atoms with Crippen LogP contribution in [0.3, 0.4) is 0 Å². The summed E-state index contributed by atoms with van der Waals surface area (Å²) in [7, 11) is 0. The fourth-order valence-corrected chi connectivity index (χ4v) is 3.14. The summed E-state index contributed by atoms with van der Waals surface area (Å²) >= 11 is 0. The van der Waals surface area contributed by atoms with Gasteiger partial charge in [-0.25, -0.2) is 0 Å². The van der Waals surface area contributed by atoms with E-state index in [0.717, 1.165) is 44.8 Å². The standard InChI is InChI=1S/C14H20O3/c1-14(2)7-16-13(17-8-14)10-5-9-3-4-12(15)11(9)6-10/h9,11H,3-8H2,1-2H3/t9-,11+/m0/s1. The number of rotatable bonds is 0. The third-order valence-electron chi connectivity index (χ3n) is 4.20. The van der Waals surface area contributed by atoms with E-state index in [0.29, 0.717) is 11.7 Å². The molecule has 0 bridgehead atoms. The Morgan fingerprint density at radius 2 is 1.88 bits per heavy atom. The number of ketones is 1. The van der Waals surface area contributed by atoms with Crippen molar-refractivity contribution in [3.8, 4) is 0 Å². The number of Topliss-reactive ketones (excluding diaryl/α,β-unsaturated/α-hetero) is 1. The van der Waals surface area contributed by atoms with Crippen LogP contribution >= 0.6 is 0 Å². The van der Waals surface area contributed by atoms with Gasteiger partial charge in [0.05, 0.1) is 13.2 Å². The largest absolute Gasteiger partial charge is 0.465 e. The fraction of sp³-hybridized carbons (Fsp3) is 0.786. The van der Waals surface area contributed by atoms with Crippen LogP contribution in [0.2, 0.25) is 0 Å². The average molecular weight is 236 g/mol. The lowest BCUT2D eigenvalue weighted by atomic mass is 9.95. The highest BCUT2D eigenvalue weighted by Gasteiger charge is 2.42. The second kappa shape index (κ2) is 3.76. The van der Waals surface area contributed by atoms with Crippen LogP contribution in [0, 0.1) is 17.3 Å². The Hall–Kier alpha value is -0.990. The van der Waals surface area contributed by atoms with E-state index in [2.05, 4.69) is 13.8 Å². The van der Waals surface area contributed by atoms with Gasteiger partial charge in [0.25, 0.3) is 5.95 Å². The maximum atomic E-state index is 11.7. The quantitative estimate of drug-likeness (QED) is 0.648. The average Bonchev–Trinajstić information content (AvgIpc) is 2.82. The second-order valence-corrected chi connectivity index (χ2v) is 6.41. The smallest absolute Gasteiger partial charge is 0.278 e. The van der Waals surface area contributed by atoms with Crippen molar-refractivity contribution >= 4 is 5.78 Å². The van der Waals surface area contributed by atoms with Gasteiger partial charge in [-0.15, -0.1) is 0 Å². The minimum absolute atomic E-state index is 0.106. The van der Waals surface area contributed by atoms with Gasteiger partial charge in [0.1, 0.15) is 5.78 Å². The molecule has 1 saturated heterocycles. The van der Waals surface area contributed by atoms with E-state index >= 15 is 0 Å². The molecule has 3 heteroatoms. The van der Waals surface area contributed by atoms with Gasteiger partial charge < -0.3 is 9.47 Å². The number of allylic oxidation sites excluding steroid dienone is 1. The van der Waals surface area contributed by atoms with Crippen LogP contribution in [0.1, 0.15) is 39.5 Å². The molecule has 1 heterocycles. The van der Waals surface area contributed by atoms with Crippen LogP contribution in [0.5, 0.6) is 0 Å². The molecular formula is C14H20O3. The summed E-state index contributed by atoms with van der Waals surface area (Å²) < 4.78 is 11.4. The van der Waals surface area contributed by atoms with Gasteiger partial charge in [0.2, 0.25) is 0 Å². The van der Waals surface area contributed by atoms with Crippen molar-refractivity contribution in [1.29, 1.82) is 0 Å². The molecule has 0 aromatic rings. The predicted molar refractivity (Wildman–Crippen MR) is 63.2 cm³/mol. The van der Waals surface area contributed by atoms with Gasteiger partial charge in [-0.3, -0.25) is 4.79 Å². The second-order valence-electron chi connectivity index (χ2n) is 6.41. The maximum absolute atomic E-state index is 11.7. The van der Waals surface area contributed by atoms with E-state index < -0.39 is 0 Å². The maximum Gasteiger partial charge on any atom is 0.278 e. The van der Waals surface area contributed by atoms with Crippen LogP contribution in [0.4, 0.5) is 0 Å². The molecule has 0 amide bonds. The van der Waals surface area contributed by atoms with Crippen molar-refractivity contribution < 1.29 is 14.3 Å². The minimum Gasteiger partial charge on any atom is -0.465 e. The van der Waals surface area contributed by atoms with Crippen molar-refractivity contribution in [1.82, 2.24) is 0 Å². The first-order chi connectivity index (χ1) is 8.05. The van der Waals surface area contributed by atoms with Gasteiger partial charge in [-0.1, -0.05) is 13.8 Å². The van der Waals surface area contributed by atoms with Gasteiger partial charge in [0, 0.05) is 23.3 Å². The molecule has 0 spiro atoms. The van der Waals surface area contributed by atoms with E-state index in [1.807, 2.05) is 0 Å². The van der Waals surface area contributed by atoms with Crippen molar-refractivity contribution in [3.05, 3.63) is 11.5 Å². The summed E-state index contributed by atoms with van der Waals surface area (Å²) in [4.78, 5) is 11.7. The Labute approximate surface area is 102 Å². The zero-order valence-electron chi connectivity index (χ0n) is 10.6. The molecule has 1 aliphatic heterocycles. The number of fused-ring (bicyclic) bond motifs is 1. The molecular weight excluding hydrogens is 216 g/mol. The van der Waals surface area contributed by atoms with Crippen LogP contribution < -0.4 is 0 Å². The lowest BCUT2D eigenvalue weighted by molar-refractivity contribution is -0.120. The molecule has 2 atom stereocenters. The van der Waals surface area contributed by atoms with Crippen molar-refractivity contribution in [2.45, 2.75) is 39.5 Å². The molecule has 0 radical (unpaired) electrons. The lowest BCUT2D eigenvalue weighted by Gasteiger charge is -2.32. The Bertz CT molecular complexity index is 369. The number of carbonyl (C=O) groups is 1. The van der Waals surface area contributed by atoms with Crippen LogP contribution in [-0.2, 0) is 14.3 Å². The summed E-state index contributed by atoms with van der Waals surface area (Å²) in [5.41, 5.74) is 1.34. The van der Waals surface area contributed by atoms with Crippen molar-refractivity contribution in [2.24, 2.45) is 17.3 Å².